The molecular formula is C18H26O7. The van der Waals surface area contributed by atoms with Gasteiger partial charge in [0.2, 0.25) is 0 Å². The summed E-state index contributed by atoms with van der Waals surface area (Å²) in [5, 5.41) is 0. The van der Waals surface area contributed by atoms with Gasteiger partial charge in [-0.15, -0.1) is 0 Å². The summed E-state index contributed by atoms with van der Waals surface area (Å²) in [4.78, 5) is 35.0. The molecule has 0 radical (unpaired) electrons. The molecule has 0 aromatic heterocycles. The molecule has 2 unspecified atom stereocenters. The first kappa shape index (κ1) is 20.9. The van der Waals surface area contributed by atoms with Crippen LogP contribution >= 0.6 is 0 Å². The van der Waals surface area contributed by atoms with Gasteiger partial charge in [-0.1, -0.05) is 25.8 Å². The number of benzene rings is 1. The highest BCUT2D eigenvalue weighted by atomic mass is 17.2. The highest BCUT2D eigenvalue weighted by Gasteiger charge is 2.33. The molecule has 0 amide bonds. The van der Waals surface area contributed by atoms with Crippen molar-refractivity contribution in [3.63, 3.8) is 0 Å². The van der Waals surface area contributed by atoms with Crippen LogP contribution in [0.25, 0.3) is 0 Å². The Morgan fingerprint density at radius 2 is 1.68 bits per heavy atom. The van der Waals surface area contributed by atoms with Crippen LogP contribution in [-0.2, 0) is 19.3 Å². The van der Waals surface area contributed by atoms with Crippen molar-refractivity contribution < 1.29 is 33.6 Å². The van der Waals surface area contributed by atoms with Gasteiger partial charge in [-0.25, -0.2) is 4.79 Å². The average Bonchev–Trinajstić information content (AvgIpc) is 2.65. The summed E-state index contributed by atoms with van der Waals surface area (Å²) < 4.78 is 15.4. The molecule has 25 heavy (non-hydrogen) atoms. The van der Waals surface area contributed by atoms with E-state index in [-0.39, 0.29) is 5.56 Å². The summed E-state index contributed by atoms with van der Waals surface area (Å²) in [5.41, 5.74) is 0.213. The Labute approximate surface area is 148 Å². The molecule has 0 heterocycles. The van der Waals surface area contributed by atoms with Crippen LogP contribution in [0, 0.1) is 5.92 Å². The standard InChI is InChI=1S/C18H26O7/c1-6-7-9-13(18(20)25-24-12(2)21-3)17(19)16-14(22-4)10-8-11-15(16)23-5/h8,10-13H,6-7,9H2,1-5H3. The minimum atomic E-state index is -1.02. The van der Waals surface area contributed by atoms with Gasteiger partial charge in [0.15, 0.2) is 12.1 Å². The van der Waals surface area contributed by atoms with Gasteiger partial charge in [-0.3, -0.25) is 9.68 Å². The van der Waals surface area contributed by atoms with Gasteiger partial charge in [0.1, 0.15) is 23.0 Å². The van der Waals surface area contributed by atoms with Crippen LogP contribution in [0.3, 0.4) is 0 Å². The summed E-state index contributed by atoms with van der Waals surface area (Å²) in [6.07, 6.45) is 1.12. The van der Waals surface area contributed by atoms with Gasteiger partial charge in [-0.2, -0.15) is 4.89 Å². The van der Waals surface area contributed by atoms with E-state index in [1.807, 2.05) is 6.92 Å². The molecule has 0 aliphatic rings. The zero-order valence-electron chi connectivity index (χ0n) is 15.4. The van der Waals surface area contributed by atoms with E-state index in [0.29, 0.717) is 24.3 Å². The number of ether oxygens (including phenoxy) is 3. The molecule has 0 bridgehead atoms. The fourth-order valence-corrected chi connectivity index (χ4v) is 2.25. The Morgan fingerprint density at radius 3 is 2.16 bits per heavy atom. The molecule has 1 rings (SSSR count). The summed E-state index contributed by atoms with van der Waals surface area (Å²) in [6.45, 7) is 3.54. The Kier molecular flexibility index (Phi) is 8.94. The van der Waals surface area contributed by atoms with Crippen molar-refractivity contribution in [3.8, 4) is 11.5 Å². The molecule has 2 atom stereocenters. The SMILES string of the molecule is CCCCC(C(=O)OOC(C)OC)C(=O)c1c(OC)cccc1OC. The van der Waals surface area contributed by atoms with Crippen LogP contribution < -0.4 is 9.47 Å². The zero-order valence-corrected chi connectivity index (χ0v) is 15.4. The van der Waals surface area contributed by atoms with E-state index in [0.717, 1.165) is 6.42 Å². The van der Waals surface area contributed by atoms with Crippen LogP contribution in [0.2, 0.25) is 0 Å². The quantitative estimate of drug-likeness (QED) is 0.198. The van der Waals surface area contributed by atoms with Crippen LogP contribution in [-0.4, -0.2) is 39.4 Å². The molecule has 7 heteroatoms. The lowest BCUT2D eigenvalue weighted by molar-refractivity contribution is -0.343. The van der Waals surface area contributed by atoms with Gasteiger partial charge in [0.05, 0.1) is 14.2 Å². The molecule has 1 aromatic rings. The molecule has 0 spiro atoms. The van der Waals surface area contributed by atoms with Crippen molar-refractivity contribution >= 4 is 11.8 Å². The number of Topliss-reactive ketones (excluding diaryl/α,β-unsaturated/α-hetero) is 1. The summed E-state index contributed by atoms with van der Waals surface area (Å²) in [6, 6.07) is 4.99. The third-order valence-electron chi connectivity index (χ3n) is 3.72. The van der Waals surface area contributed by atoms with E-state index in [9.17, 15) is 9.59 Å². The molecule has 0 aliphatic heterocycles. The van der Waals surface area contributed by atoms with Crippen LogP contribution in [0.5, 0.6) is 11.5 Å². The van der Waals surface area contributed by atoms with Gasteiger partial charge in [0.25, 0.3) is 0 Å². The molecule has 0 N–H and O–H groups in total. The largest absolute Gasteiger partial charge is 0.496 e. The molecule has 0 saturated carbocycles. The van der Waals surface area contributed by atoms with Crippen molar-refractivity contribution in [3.05, 3.63) is 23.8 Å². The number of carbonyl (C=O) groups excluding carboxylic acids is 2. The molecule has 0 aliphatic carbocycles. The lowest BCUT2D eigenvalue weighted by Crippen LogP contribution is -2.28. The fourth-order valence-electron chi connectivity index (χ4n) is 2.25. The van der Waals surface area contributed by atoms with E-state index in [4.69, 9.17) is 24.0 Å². The van der Waals surface area contributed by atoms with Crippen LogP contribution in [0.1, 0.15) is 43.5 Å². The highest BCUT2D eigenvalue weighted by Crippen LogP contribution is 2.32. The number of rotatable bonds is 11. The third-order valence-corrected chi connectivity index (χ3v) is 3.72. The van der Waals surface area contributed by atoms with Crippen molar-refractivity contribution in [2.24, 2.45) is 5.92 Å². The number of unbranched alkanes of at least 4 members (excludes halogenated alkanes) is 1. The molecule has 0 fully saturated rings. The first-order chi connectivity index (χ1) is 12.0. The van der Waals surface area contributed by atoms with Crippen molar-refractivity contribution in [2.45, 2.75) is 39.4 Å². The maximum atomic E-state index is 13.0. The molecule has 0 saturated heterocycles. The Morgan fingerprint density at radius 1 is 1.08 bits per heavy atom. The first-order valence-electron chi connectivity index (χ1n) is 8.15. The zero-order chi connectivity index (χ0) is 18.8. The van der Waals surface area contributed by atoms with E-state index in [1.54, 1.807) is 25.1 Å². The third kappa shape index (κ3) is 5.72. The number of hydrogen-bond donors (Lipinski definition) is 0. The van der Waals surface area contributed by atoms with Gasteiger partial charge >= 0.3 is 5.97 Å². The van der Waals surface area contributed by atoms with Crippen molar-refractivity contribution in [1.29, 1.82) is 0 Å². The maximum absolute atomic E-state index is 13.0. The van der Waals surface area contributed by atoms with Gasteiger partial charge < -0.3 is 14.2 Å². The van der Waals surface area contributed by atoms with Gasteiger partial charge in [0, 0.05) is 7.11 Å². The predicted molar refractivity (Wildman–Crippen MR) is 90.5 cm³/mol. The molecule has 1 aromatic carbocycles. The van der Waals surface area contributed by atoms with E-state index in [1.165, 1.54) is 21.3 Å². The molecule has 7 nitrogen and oxygen atoms in total. The predicted octanol–water partition coefficient (Wildman–Crippen LogP) is 3.16. The Hall–Kier alpha value is -2.12. The molecular weight excluding hydrogens is 328 g/mol. The normalized spacial score (nSPS) is 13.0. The minimum Gasteiger partial charge on any atom is -0.496 e. The van der Waals surface area contributed by atoms with Crippen molar-refractivity contribution in [1.82, 2.24) is 0 Å². The maximum Gasteiger partial charge on any atom is 0.353 e. The molecule has 140 valence electrons. The summed E-state index contributed by atoms with van der Waals surface area (Å²) in [7, 11) is 4.32. The minimum absolute atomic E-state index is 0.213. The lowest BCUT2D eigenvalue weighted by atomic mass is 9.91. The first-order valence-corrected chi connectivity index (χ1v) is 8.15. The number of ketones is 1. The van der Waals surface area contributed by atoms with Crippen molar-refractivity contribution in [2.75, 3.05) is 21.3 Å². The fraction of sp³-hybridized carbons (Fsp3) is 0.556. The Bertz CT molecular complexity index is 548. The topological polar surface area (TPSA) is 80.3 Å². The summed E-state index contributed by atoms with van der Waals surface area (Å²) >= 11 is 0. The van der Waals surface area contributed by atoms with E-state index < -0.39 is 24.0 Å². The second-order valence-corrected chi connectivity index (χ2v) is 5.40. The Balaban J connectivity index is 3.10. The highest BCUT2D eigenvalue weighted by molar-refractivity contribution is 6.11. The number of hydrogen-bond acceptors (Lipinski definition) is 7. The summed E-state index contributed by atoms with van der Waals surface area (Å²) in [5.74, 6) is -1.54. The average molecular weight is 354 g/mol. The monoisotopic (exact) mass is 354 g/mol. The second-order valence-electron chi connectivity index (χ2n) is 5.40. The number of methoxy groups -OCH3 is 3. The van der Waals surface area contributed by atoms with Crippen LogP contribution in [0.15, 0.2) is 18.2 Å². The number of carbonyl (C=O) groups is 2. The van der Waals surface area contributed by atoms with Crippen LogP contribution in [0.4, 0.5) is 0 Å². The lowest BCUT2D eigenvalue weighted by Gasteiger charge is -2.18. The van der Waals surface area contributed by atoms with E-state index in [2.05, 4.69) is 0 Å². The smallest absolute Gasteiger partial charge is 0.353 e. The van der Waals surface area contributed by atoms with E-state index >= 15 is 0 Å². The second kappa shape index (κ2) is 10.7. The van der Waals surface area contributed by atoms with Gasteiger partial charge in [-0.05, 0) is 25.5 Å².